The van der Waals surface area contributed by atoms with Gasteiger partial charge in [0.2, 0.25) is 0 Å². The molecule has 1 aliphatic carbocycles. The van der Waals surface area contributed by atoms with Crippen molar-refractivity contribution in [3.63, 3.8) is 0 Å². The quantitative estimate of drug-likeness (QED) is 0.734. The molecule has 0 aromatic carbocycles. The van der Waals surface area contributed by atoms with Gasteiger partial charge in [0, 0.05) is 32.2 Å². The smallest absolute Gasteiger partial charge is 0.0196 e. The lowest BCUT2D eigenvalue weighted by molar-refractivity contribution is 0.177. The molecule has 0 saturated heterocycles. The summed E-state index contributed by atoms with van der Waals surface area (Å²) in [5.41, 5.74) is 6.48. The van der Waals surface area contributed by atoms with E-state index < -0.39 is 0 Å². The summed E-state index contributed by atoms with van der Waals surface area (Å²) < 4.78 is 0. The molecular weight excluding hydrogens is 234 g/mol. The zero-order valence-electron chi connectivity index (χ0n) is 13.6. The van der Waals surface area contributed by atoms with Crippen LogP contribution in [0.1, 0.15) is 46.0 Å². The van der Waals surface area contributed by atoms with Crippen LogP contribution >= 0.6 is 0 Å². The highest BCUT2D eigenvalue weighted by atomic mass is 15.2. The largest absolute Gasteiger partial charge is 0.326 e. The summed E-state index contributed by atoms with van der Waals surface area (Å²) in [4.78, 5) is 4.84. The van der Waals surface area contributed by atoms with Gasteiger partial charge in [-0.3, -0.25) is 0 Å². The van der Waals surface area contributed by atoms with Gasteiger partial charge in [0.05, 0.1) is 0 Å². The number of nitrogens with zero attached hydrogens (tertiary/aromatic N) is 2. The second-order valence-corrected chi connectivity index (χ2v) is 7.02. The summed E-state index contributed by atoms with van der Waals surface area (Å²) in [6, 6.07) is 0.376. The summed E-state index contributed by atoms with van der Waals surface area (Å²) in [5, 5.41) is 0. The fourth-order valence-electron chi connectivity index (χ4n) is 3.12. The number of rotatable bonds is 8. The second-order valence-electron chi connectivity index (χ2n) is 7.02. The van der Waals surface area contributed by atoms with Crippen LogP contribution in [0.5, 0.6) is 0 Å². The molecule has 0 radical (unpaired) electrons. The zero-order valence-corrected chi connectivity index (χ0v) is 13.6. The Kier molecular flexibility index (Phi) is 7.96. The van der Waals surface area contributed by atoms with E-state index in [1.807, 2.05) is 0 Å². The molecule has 3 heteroatoms. The molecule has 0 spiro atoms. The van der Waals surface area contributed by atoms with Crippen LogP contribution in [-0.4, -0.2) is 56.1 Å². The monoisotopic (exact) mass is 269 g/mol. The van der Waals surface area contributed by atoms with E-state index in [1.54, 1.807) is 0 Å². The maximum atomic E-state index is 6.48. The molecule has 1 unspecified atom stereocenters. The van der Waals surface area contributed by atoms with Crippen LogP contribution in [-0.2, 0) is 0 Å². The van der Waals surface area contributed by atoms with Gasteiger partial charge >= 0.3 is 0 Å². The maximum Gasteiger partial charge on any atom is 0.0196 e. The van der Waals surface area contributed by atoms with E-state index in [0.717, 1.165) is 31.5 Å². The first-order chi connectivity index (χ1) is 8.99. The third-order valence-electron chi connectivity index (χ3n) is 4.21. The van der Waals surface area contributed by atoms with Crippen molar-refractivity contribution >= 4 is 0 Å². The molecule has 19 heavy (non-hydrogen) atoms. The van der Waals surface area contributed by atoms with Gasteiger partial charge < -0.3 is 15.5 Å². The molecule has 1 atom stereocenters. The standard InChI is InChI=1S/C16H35N3/c1-14(2)12-19(11-10-18(3)4)13-16(17)15-8-6-5-7-9-15/h14-16H,5-13,17H2,1-4H3. The van der Waals surface area contributed by atoms with Crippen molar-refractivity contribution in [1.29, 1.82) is 0 Å². The zero-order chi connectivity index (χ0) is 14.3. The topological polar surface area (TPSA) is 32.5 Å². The Hall–Kier alpha value is -0.120. The van der Waals surface area contributed by atoms with Crippen LogP contribution in [0.3, 0.4) is 0 Å². The fourth-order valence-corrected chi connectivity index (χ4v) is 3.12. The van der Waals surface area contributed by atoms with Crippen LogP contribution in [0.25, 0.3) is 0 Å². The molecule has 0 aliphatic heterocycles. The number of hydrogen-bond acceptors (Lipinski definition) is 3. The first kappa shape index (κ1) is 16.9. The van der Waals surface area contributed by atoms with Crippen LogP contribution in [0.15, 0.2) is 0 Å². The van der Waals surface area contributed by atoms with E-state index in [9.17, 15) is 0 Å². The summed E-state index contributed by atoms with van der Waals surface area (Å²) in [5.74, 6) is 1.49. The van der Waals surface area contributed by atoms with Crippen molar-refractivity contribution in [2.75, 3.05) is 40.3 Å². The van der Waals surface area contributed by atoms with Gasteiger partial charge in [-0.25, -0.2) is 0 Å². The van der Waals surface area contributed by atoms with Gasteiger partial charge in [-0.05, 0) is 38.8 Å². The summed E-state index contributed by atoms with van der Waals surface area (Å²) in [6.45, 7) is 9.13. The van der Waals surface area contributed by atoms with Gasteiger partial charge in [0.15, 0.2) is 0 Å². The minimum Gasteiger partial charge on any atom is -0.326 e. The predicted octanol–water partition coefficient (Wildman–Crippen LogP) is 2.41. The van der Waals surface area contributed by atoms with E-state index in [1.165, 1.54) is 38.6 Å². The molecule has 0 bridgehead atoms. The Labute approximate surface area is 120 Å². The average molecular weight is 269 g/mol. The highest BCUT2D eigenvalue weighted by Gasteiger charge is 2.22. The SMILES string of the molecule is CC(C)CN(CCN(C)C)CC(N)C1CCCCC1. The molecule has 3 nitrogen and oxygen atoms in total. The average Bonchev–Trinajstić information content (AvgIpc) is 2.36. The maximum absolute atomic E-state index is 6.48. The third kappa shape index (κ3) is 7.28. The molecule has 1 saturated carbocycles. The molecule has 1 aliphatic rings. The van der Waals surface area contributed by atoms with Gasteiger partial charge in [-0.2, -0.15) is 0 Å². The van der Waals surface area contributed by atoms with E-state index in [2.05, 4.69) is 37.7 Å². The Balaban J connectivity index is 2.40. The van der Waals surface area contributed by atoms with Crippen LogP contribution in [0.2, 0.25) is 0 Å². The Morgan fingerprint density at radius 1 is 1.00 bits per heavy atom. The summed E-state index contributed by atoms with van der Waals surface area (Å²) in [7, 11) is 4.29. The van der Waals surface area contributed by atoms with Crippen molar-refractivity contribution in [3.05, 3.63) is 0 Å². The van der Waals surface area contributed by atoms with Crippen molar-refractivity contribution in [2.24, 2.45) is 17.6 Å². The second kappa shape index (κ2) is 8.93. The van der Waals surface area contributed by atoms with Crippen molar-refractivity contribution < 1.29 is 0 Å². The Morgan fingerprint density at radius 3 is 2.16 bits per heavy atom. The Bertz CT molecular complexity index is 222. The minimum atomic E-state index is 0.376. The lowest BCUT2D eigenvalue weighted by Gasteiger charge is -2.33. The van der Waals surface area contributed by atoms with E-state index in [4.69, 9.17) is 5.73 Å². The summed E-state index contributed by atoms with van der Waals surface area (Å²) >= 11 is 0. The first-order valence-electron chi connectivity index (χ1n) is 8.11. The summed E-state index contributed by atoms with van der Waals surface area (Å²) in [6.07, 6.45) is 6.90. The van der Waals surface area contributed by atoms with E-state index in [-0.39, 0.29) is 0 Å². The van der Waals surface area contributed by atoms with Crippen molar-refractivity contribution in [3.8, 4) is 0 Å². The molecule has 1 fully saturated rings. The lowest BCUT2D eigenvalue weighted by atomic mass is 9.84. The van der Waals surface area contributed by atoms with Gasteiger partial charge in [-0.15, -0.1) is 0 Å². The Morgan fingerprint density at radius 2 is 1.63 bits per heavy atom. The van der Waals surface area contributed by atoms with Crippen molar-refractivity contribution in [1.82, 2.24) is 9.80 Å². The first-order valence-corrected chi connectivity index (χ1v) is 8.11. The van der Waals surface area contributed by atoms with Crippen LogP contribution in [0.4, 0.5) is 0 Å². The molecule has 2 N–H and O–H groups in total. The lowest BCUT2D eigenvalue weighted by Crippen LogP contribution is -2.45. The molecule has 114 valence electrons. The third-order valence-corrected chi connectivity index (χ3v) is 4.21. The van der Waals surface area contributed by atoms with Gasteiger partial charge in [0.25, 0.3) is 0 Å². The van der Waals surface area contributed by atoms with Crippen LogP contribution < -0.4 is 5.73 Å². The van der Waals surface area contributed by atoms with E-state index in [0.29, 0.717) is 6.04 Å². The molecular formula is C16H35N3. The van der Waals surface area contributed by atoms with E-state index >= 15 is 0 Å². The molecule has 0 amide bonds. The number of nitrogens with two attached hydrogens (primary N) is 1. The fraction of sp³-hybridized carbons (Fsp3) is 1.00. The molecule has 0 heterocycles. The van der Waals surface area contributed by atoms with Gasteiger partial charge in [-0.1, -0.05) is 33.1 Å². The number of likely N-dealkylation sites (N-methyl/N-ethyl adjacent to an activating group) is 1. The van der Waals surface area contributed by atoms with Crippen LogP contribution in [0, 0.1) is 11.8 Å². The number of hydrogen-bond donors (Lipinski definition) is 1. The minimum absolute atomic E-state index is 0.376. The predicted molar refractivity (Wildman–Crippen MR) is 84.4 cm³/mol. The van der Waals surface area contributed by atoms with Gasteiger partial charge in [0.1, 0.15) is 0 Å². The normalized spacial score (nSPS) is 19.6. The molecule has 0 aromatic heterocycles. The molecule has 1 rings (SSSR count). The highest BCUT2D eigenvalue weighted by Crippen LogP contribution is 2.26. The molecule has 0 aromatic rings. The highest BCUT2D eigenvalue weighted by molar-refractivity contribution is 4.80. The van der Waals surface area contributed by atoms with Crippen molar-refractivity contribution in [2.45, 2.75) is 52.0 Å².